The normalized spacial score (nSPS) is 10.5. The van der Waals surface area contributed by atoms with Crippen molar-refractivity contribution in [3.8, 4) is 17.2 Å². The minimum Gasteiger partial charge on any atom is -0.292 e. The maximum absolute atomic E-state index is 12.2. The van der Waals surface area contributed by atoms with Gasteiger partial charge in [0.1, 0.15) is 5.82 Å². The molecule has 0 atom stereocenters. The Morgan fingerprint density at radius 2 is 1.84 bits per heavy atom. The minimum atomic E-state index is -0.0483. The first-order chi connectivity index (χ1) is 12.0. The van der Waals surface area contributed by atoms with Crippen molar-refractivity contribution in [2.24, 2.45) is 0 Å². The first-order valence-electron chi connectivity index (χ1n) is 7.82. The number of hydrogen-bond donors (Lipinski definition) is 0. The van der Waals surface area contributed by atoms with E-state index in [2.05, 4.69) is 27.0 Å². The summed E-state index contributed by atoms with van der Waals surface area (Å²) in [5.41, 5.74) is 4.17. The molecular formula is C20H16BrN3O. The molecule has 3 rings (SSSR count). The maximum atomic E-state index is 12.2. The van der Waals surface area contributed by atoms with Crippen LogP contribution in [-0.4, -0.2) is 9.55 Å². The lowest BCUT2D eigenvalue weighted by Gasteiger charge is -2.11. The topological polar surface area (TPSA) is 58.7 Å². The summed E-state index contributed by atoms with van der Waals surface area (Å²) in [4.78, 5) is 16.5. The highest BCUT2D eigenvalue weighted by atomic mass is 79.9. The van der Waals surface area contributed by atoms with Gasteiger partial charge in [-0.05, 0) is 43.2 Å². The average Bonchev–Trinajstić information content (AvgIpc) is 2.58. The molecule has 0 aliphatic carbocycles. The molecule has 1 heterocycles. The zero-order valence-electron chi connectivity index (χ0n) is 14.0. The Morgan fingerprint density at radius 1 is 1.12 bits per heavy atom. The smallest absolute Gasteiger partial charge is 0.254 e. The molecule has 4 nitrogen and oxygen atoms in total. The second-order valence-electron chi connectivity index (χ2n) is 5.87. The Kier molecular flexibility index (Phi) is 4.82. The van der Waals surface area contributed by atoms with Gasteiger partial charge in [-0.2, -0.15) is 5.26 Å². The van der Waals surface area contributed by atoms with Crippen LogP contribution < -0.4 is 5.56 Å². The summed E-state index contributed by atoms with van der Waals surface area (Å²) >= 11 is 3.45. The minimum absolute atomic E-state index is 0.0483. The molecule has 124 valence electrons. The van der Waals surface area contributed by atoms with Crippen molar-refractivity contribution in [3.63, 3.8) is 0 Å². The summed E-state index contributed by atoms with van der Waals surface area (Å²) in [6, 6.07) is 17.3. The molecule has 25 heavy (non-hydrogen) atoms. The molecule has 1 aromatic heterocycles. The molecule has 3 aromatic rings. The Hall–Kier alpha value is -2.71. The molecule has 0 N–H and O–H groups in total. The van der Waals surface area contributed by atoms with Gasteiger partial charge < -0.3 is 0 Å². The van der Waals surface area contributed by atoms with Gasteiger partial charge in [-0.15, -0.1) is 0 Å². The Bertz CT molecular complexity index is 1030. The van der Waals surface area contributed by atoms with E-state index in [1.54, 1.807) is 16.7 Å². The summed E-state index contributed by atoms with van der Waals surface area (Å²) in [6.07, 6.45) is 0. The summed E-state index contributed by atoms with van der Waals surface area (Å²) < 4.78 is 2.58. The predicted molar refractivity (Wildman–Crippen MR) is 101 cm³/mol. The average molecular weight is 394 g/mol. The standard InChI is InChI=1S/C20H16BrN3O/c1-13-9-20(25)24(14(2)23-13)12-15-3-5-16(6-4-15)19-10-18(21)8-7-17(19)11-22/h3-10H,12H2,1-2H3. The van der Waals surface area contributed by atoms with Gasteiger partial charge in [0.2, 0.25) is 0 Å². The number of benzene rings is 2. The fraction of sp³-hybridized carbons (Fsp3) is 0.150. The second-order valence-corrected chi connectivity index (χ2v) is 6.78. The number of nitriles is 1. The van der Waals surface area contributed by atoms with Crippen molar-refractivity contribution in [2.75, 3.05) is 0 Å². The number of rotatable bonds is 3. The lowest BCUT2D eigenvalue weighted by molar-refractivity contribution is 0.694. The summed E-state index contributed by atoms with van der Waals surface area (Å²) in [7, 11) is 0. The van der Waals surface area contributed by atoms with Crippen LogP contribution >= 0.6 is 15.9 Å². The van der Waals surface area contributed by atoms with Crippen molar-refractivity contribution < 1.29 is 0 Å². The third-order valence-corrected chi connectivity index (χ3v) is 4.53. The van der Waals surface area contributed by atoms with Gasteiger partial charge in [0.25, 0.3) is 5.56 Å². The van der Waals surface area contributed by atoms with E-state index >= 15 is 0 Å². The van der Waals surface area contributed by atoms with Gasteiger partial charge in [-0.1, -0.05) is 40.2 Å². The Labute approximate surface area is 154 Å². The third-order valence-electron chi connectivity index (χ3n) is 4.03. The molecule has 0 spiro atoms. The molecule has 0 radical (unpaired) electrons. The van der Waals surface area contributed by atoms with Crippen molar-refractivity contribution >= 4 is 15.9 Å². The molecule has 0 aliphatic heterocycles. The molecule has 0 saturated carbocycles. The van der Waals surface area contributed by atoms with Gasteiger partial charge >= 0.3 is 0 Å². The van der Waals surface area contributed by atoms with Crippen LogP contribution in [0.4, 0.5) is 0 Å². The molecule has 0 amide bonds. The van der Waals surface area contributed by atoms with Crippen LogP contribution in [0.15, 0.2) is 57.8 Å². The monoisotopic (exact) mass is 393 g/mol. The zero-order valence-corrected chi connectivity index (χ0v) is 15.5. The van der Waals surface area contributed by atoms with Gasteiger partial charge in [-0.25, -0.2) is 4.98 Å². The van der Waals surface area contributed by atoms with E-state index in [1.807, 2.05) is 50.2 Å². The van der Waals surface area contributed by atoms with Crippen molar-refractivity contribution in [2.45, 2.75) is 20.4 Å². The van der Waals surface area contributed by atoms with Crippen LogP contribution in [0.1, 0.15) is 22.6 Å². The van der Waals surface area contributed by atoms with Crippen molar-refractivity contribution in [1.29, 1.82) is 5.26 Å². The molecule has 5 heteroatoms. The Balaban J connectivity index is 1.93. The lowest BCUT2D eigenvalue weighted by atomic mass is 9.99. The number of hydrogen-bond acceptors (Lipinski definition) is 3. The molecule has 0 bridgehead atoms. The fourth-order valence-corrected chi connectivity index (χ4v) is 3.14. The van der Waals surface area contributed by atoms with Crippen LogP contribution in [0, 0.1) is 25.2 Å². The number of halogens is 1. The highest BCUT2D eigenvalue weighted by Crippen LogP contribution is 2.27. The van der Waals surface area contributed by atoms with E-state index in [-0.39, 0.29) is 5.56 Å². The van der Waals surface area contributed by atoms with Crippen LogP contribution in [0.5, 0.6) is 0 Å². The van der Waals surface area contributed by atoms with Crippen LogP contribution in [0.2, 0.25) is 0 Å². The van der Waals surface area contributed by atoms with E-state index < -0.39 is 0 Å². The summed E-state index contributed by atoms with van der Waals surface area (Å²) in [6.45, 7) is 4.13. The molecule has 0 unspecified atom stereocenters. The van der Waals surface area contributed by atoms with E-state index in [0.29, 0.717) is 17.9 Å². The lowest BCUT2D eigenvalue weighted by Crippen LogP contribution is -2.24. The molecule has 2 aromatic carbocycles. The fourth-order valence-electron chi connectivity index (χ4n) is 2.78. The second kappa shape index (κ2) is 7.04. The highest BCUT2D eigenvalue weighted by Gasteiger charge is 2.07. The van der Waals surface area contributed by atoms with Crippen LogP contribution in [-0.2, 0) is 6.54 Å². The van der Waals surface area contributed by atoms with E-state index in [4.69, 9.17) is 0 Å². The SMILES string of the molecule is Cc1cc(=O)n(Cc2ccc(-c3cc(Br)ccc3C#N)cc2)c(C)n1. The Morgan fingerprint density at radius 3 is 2.48 bits per heavy atom. The van der Waals surface area contributed by atoms with E-state index in [1.165, 1.54) is 0 Å². The molecule has 0 fully saturated rings. The zero-order chi connectivity index (χ0) is 18.0. The van der Waals surface area contributed by atoms with Crippen LogP contribution in [0.25, 0.3) is 11.1 Å². The summed E-state index contributed by atoms with van der Waals surface area (Å²) in [5.74, 6) is 0.702. The first-order valence-corrected chi connectivity index (χ1v) is 8.61. The number of aromatic nitrogens is 2. The number of nitrogens with zero attached hydrogens (tertiary/aromatic N) is 3. The van der Waals surface area contributed by atoms with Gasteiger partial charge in [0.05, 0.1) is 18.2 Å². The first kappa shape index (κ1) is 17.1. The molecule has 0 saturated heterocycles. The van der Waals surface area contributed by atoms with Crippen molar-refractivity contribution in [1.82, 2.24) is 9.55 Å². The third kappa shape index (κ3) is 3.70. The predicted octanol–water partition coefficient (Wildman–Crippen LogP) is 4.21. The summed E-state index contributed by atoms with van der Waals surface area (Å²) in [5, 5.41) is 9.29. The molecular weight excluding hydrogens is 378 g/mol. The van der Waals surface area contributed by atoms with Crippen LogP contribution in [0.3, 0.4) is 0 Å². The number of aryl methyl sites for hydroxylation is 2. The van der Waals surface area contributed by atoms with E-state index in [9.17, 15) is 10.1 Å². The van der Waals surface area contributed by atoms with Gasteiger partial charge in [0.15, 0.2) is 0 Å². The highest BCUT2D eigenvalue weighted by molar-refractivity contribution is 9.10. The van der Waals surface area contributed by atoms with Gasteiger partial charge in [0, 0.05) is 21.8 Å². The van der Waals surface area contributed by atoms with Crippen molar-refractivity contribution in [3.05, 3.63) is 86.0 Å². The maximum Gasteiger partial charge on any atom is 0.254 e. The molecule has 0 aliphatic rings. The largest absolute Gasteiger partial charge is 0.292 e. The van der Waals surface area contributed by atoms with E-state index in [0.717, 1.165) is 26.9 Å². The van der Waals surface area contributed by atoms with Gasteiger partial charge in [-0.3, -0.25) is 9.36 Å². The quantitative estimate of drug-likeness (QED) is 0.669.